The standard InChI is InChI=1S/C19H20F5N5O2/c1-11(19(22,23)24)31-17-25-15(28-8-7-18(20,21)10-28)14-16(26-17)29(27-14)9-12-3-5-13(30-2)6-4-12/h3-6,11,27H,7-10H2,1-2H3/t11-/m0/s1. The number of H-pyrrole nitrogens is 1. The first-order valence-corrected chi connectivity index (χ1v) is 9.51. The summed E-state index contributed by atoms with van der Waals surface area (Å²) in [7, 11) is 1.55. The van der Waals surface area contributed by atoms with Crippen LogP contribution >= 0.6 is 0 Å². The number of fused-ring (bicyclic) bond motifs is 1. The van der Waals surface area contributed by atoms with Gasteiger partial charge in [-0.2, -0.15) is 23.1 Å². The van der Waals surface area contributed by atoms with Crippen LogP contribution < -0.4 is 14.4 Å². The Morgan fingerprint density at radius 1 is 1.19 bits per heavy atom. The Labute approximate surface area is 173 Å². The lowest BCUT2D eigenvalue weighted by Crippen LogP contribution is -2.33. The van der Waals surface area contributed by atoms with Gasteiger partial charge < -0.3 is 14.4 Å². The van der Waals surface area contributed by atoms with E-state index in [9.17, 15) is 22.0 Å². The Kier molecular flexibility index (Phi) is 5.18. The average molecular weight is 445 g/mol. The number of hydrogen-bond donors (Lipinski definition) is 1. The third-order valence-electron chi connectivity index (χ3n) is 5.06. The zero-order chi connectivity index (χ0) is 22.4. The van der Waals surface area contributed by atoms with Crippen molar-refractivity contribution in [1.82, 2.24) is 19.7 Å². The fourth-order valence-corrected chi connectivity index (χ4v) is 3.30. The molecule has 1 aliphatic rings. The molecule has 3 aromatic rings. The van der Waals surface area contributed by atoms with Gasteiger partial charge >= 0.3 is 12.2 Å². The highest BCUT2D eigenvalue weighted by Gasteiger charge is 2.41. The summed E-state index contributed by atoms with van der Waals surface area (Å²) in [5, 5.41) is 3.00. The van der Waals surface area contributed by atoms with Crippen molar-refractivity contribution in [3.05, 3.63) is 29.8 Å². The molecular weight excluding hydrogens is 425 g/mol. The number of rotatable bonds is 6. The van der Waals surface area contributed by atoms with Crippen molar-refractivity contribution in [3.8, 4) is 11.8 Å². The summed E-state index contributed by atoms with van der Waals surface area (Å²) in [5.74, 6) is -2.13. The minimum Gasteiger partial charge on any atom is -0.497 e. The Morgan fingerprint density at radius 2 is 1.90 bits per heavy atom. The van der Waals surface area contributed by atoms with Gasteiger partial charge in [-0.3, -0.25) is 9.78 Å². The Balaban J connectivity index is 1.67. The molecule has 0 unspecified atom stereocenters. The zero-order valence-corrected chi connectivity index (χ0v) is 16.7. The molecule has 1 N–H and O–H groups in total. The number of hydrogen-bond acceptors (Lipinski definition) is 5. The number of anilines is 1. The molecule has 0 aliphatic carbocycles. The van der Waals surface area contributed by atoms with E-state index in [2.05, 4.69) is 15.1 Å². The molecule has 0 spiro atoms. The van der Waals surface area contributed by atoms with E-state index in [1.807, 2.05) is 12.1 Å². The molecule has 1 fully saturated rings. The van der Waals surface area contributed by atoms with Crippen LogP contribution in [0.1, 0.15) is 18.9 Å². The van der Waals surface area contributed by atoms with E-state index in [-0.39, 0.29) is 24.4 Å². The van der Waals surface area contributed by atoms with Gasteiger partial charge in [-0.25, -0.2) is 8.78 Å². The van der Waals surface area contributed by atoms with Crippen LogP contribution in [-0.2, 0) is 6.54 Å². The minimum absolute atomic E-state index is 0.0187. The largest absolute Gasteiger partial charge is 0.497 e. The van der Waals surface area contributed by atoms with Crippen molar-refractivity contribution in [2.75, 3.05) is 25.1 Å². The average Bonchev–Trinajstić information content (AvgIpc) is 3.06. The SMILES string of the molecule is COc1ccc(Cn2[nH]c3c(N4CCC(F)(F)C4)nc(O[C@@H](C)C(F)(F)F)nc32)cc1. The monoisotopic (exact) mass is 445 g/mol. The summed E-state index contributed by atoms with van der Waals surface area (Å²) in [5.41, 5.74) is 1.52. The minimum atomic E-state index is -4.62. The molecule has 2 aromatic heterocycles. The molecule has 0 amide bonds. The summed E-state index contributed by atoms with van der Waals surface area (Å²) >= 11 is 0. The number of ether oxygens (including phenoxy) is 2. The van der Waals surface area contributed by atoms with Gasteiger partial charge in [-0.1, -0.05) is 12.1 Å². The summed E-state index contributed by atoms with van der Waals surface area (Å²) in [6.07, 6.45) is -7.13. The molecule has 1 atom stereocenters. The van der Waals surface area contributed by atoms with Gasteiger partial charge in [0.05, 0.1) is 20.2 Å². The third-order valence-corrected chi connectivity index (χ3v) is 5.06. The highest BCUT2D eigenvalue weighted by molar-refractivity contribution is 5.85. The summed E-state index contributed by atoms with van der Waals surface area (Å²) in [6, 6.07) is 6.67. The summed E-state index contributed by atoms with van der Waals surface area (Å²) in [4.78, 5) is 9.41. The molecule has 0 saturated carbocycles. The number of methoxy groups -OCH3 is 1. The van der Waals surface area contributed by atoms with E-state index in [4.69, 9.17) is 9.47 Å². The third kappa shape index (κ3) is 4.37. The van der Waals surface area contributed by atoms with Crippen molar-refractivity contribution in [2.45, 2.75) is 38.1 Å². The van der Waals surface area contributed by atoms with Crippen LogP contribution in [0.4, 0.5) is 27.8 Å². The van der Waals surface area contributed by atoms with Crippen molar-refractivity contribution < 1.29 is 31.4 Å². The van der Waals surface area contributed by atoms with E-state index in [1.165, 1.54) is 4.90 Å². The first-order valence-electron chi connectivity index (χ1n) is 9.51. The Morgan fingerprint density at radius 3 is 2.48 bits per heavy atom. The highest BCUT2D eigenvalue weighted by Crippen LogP contribution is 2.35. The second-order valence-corrected chi connectivity index (χ2v) is 7.40. The number of aromatic amines is 1. The van der Waals surface area contributed by atoms with E-state index in [0.29, 0.717) is 17.8 Å². The molecule has 1 aromatic carbocycles. The Hall–Kier alpha value is -3.05. The first-order chi connectivity index (χ1) is 14.6. The maximum absolute atomic E-state index is 13.7. The van der Waals surface area contributed by atoms with E-state index in [0.717, 1.165) is 12.5 Å². The van der Waals surface area contributed by atoms with Gasteiger partial charge in [-0.15, -0.1) is 0 Å². The molecule has 1 aliphatic heterocycles. The number of benzene rings is 1. The van der Waals surface area contributed by atoms with Crippen molar-refractivity contribution >= 4 is 17.0 Å². The lowest BCUT2D eigenvalue weighted by Gasteiger charge is -2.25. The molecule has 7 nitrogen and oxygen atoms in total. The molecule has 1 saturated heterocycles. The predicted octanol–water partition coefficient (Wildman–Crippen LogP) is 3.99. The predicted molar refractivity (Wildman–Crippen MR) is 102 cm³/mol. The maximum Gasteiger partial charge on any atom is 0.425 e. The molecule has 31 heavy (non-hydrogen) atoms. The number of halogens is 5. The van der Waals surface area contributed by atoms with Gasteiger partial charge in [0.15, 0.2) is 17.6 Å². The fraction of sp³-hybridized carbons (Fsp3) is 0.474. The number of nitrogens with zero attached hydrogens (tertiary/aromatic N) is 4. The van der Waals surface area contributed by atoms with Crippen molar-refractivity contribution in [1.29, 1.82) is 0 Å². The molecule has 168 valence electrons. The fourth-order valence-electron chi connectivity index (χ4n) is 3.30. The smallest absolute Gasteiger partial charge is 0.425 e. The molecule has 12 heteroatoms. The van der Waals surface area contributed by atoms with Crippen LogP contribution in [0.25, 0.3) is 11.2 Å². The van der Waals surface area contributed by atoms with Crippen LogP contribution in [0.2, 0.25) is 0 Å². The molecule has 3 heterocycles. The molecular formula is C19H20F5N5O2. The number of nitrogens with one attached hydrogen (secondary N) is 1. The summed E-state index contributed by atoms with van der Waals surface area (Å²) < 4.78 is 77.8. The van der Waals surface area contributed by atoms with E-state index >= 15 is 0 Å². The molecule has 4 rings (SSSR count). The second-order valence-electron chi connectivity index (χ2n) is 7.40. The molecule has 0 bridgehead atoms. The topological polar surface area (TPSA) is 68.2 Å². The summed E-state index contributed by atoms with van der Waals surface area (Å²) in [6.45, 7) is 0.605. The highest BCUT2D eigenvalue weighted by atomic mass is 19.4. The normalized spacial score (nSPS) is 17.3. The van der Waals surface area contributed by atoms with Gasteiger partial charge in [0.2, 0.25) is 0 Å². The number of aromatic nitrogens is 4. The zero-order valence-electron chi connectivity index (χ0n) is 16.7. The van der Waals surface area contributed by atoms with E-state index < -0.39 is 30.8 Å². The van der Waals surface area contributed by atoms with Gasteiger partial charge in [-0.05, 0) is 24.6 Å². The van der Waals surface area contributed by atoms with Crippen LogP contribution in [0.15, 0.2) is 24.3 Å². The lowest BCUT2D eigenvalue weighted by atomic mass is 10.2. The quantitative estimate of drug-likeness (QED) is 0.582. The van der Waals surface area contributed by atoms with Crippen LogP contribution in [-0.4, -0.2) is 58.2 Å². The second kappa shape index (κ2) is 7.57. The van der Waals surface area contributed by atoms with Crippen LogP contribution in [0, 0.1) is 0 Å². The van der Waals surface area contributed by atoms with Crippen molar-refractivity contribution in [3.63, 3.8) is 0 Å². The van der Waals surface area contributed by atoms with Crippen molar-refractivity contribution in [2.24, 2.45) is 0 Å². The Bertz CT molecular complexity index is 1060. The van der Waals surface area contributed by atoms with Crippen LogP contribution in [0.5, 0.6) is 11.8 Å². The molecule has 0 radical (unpaired) electrons. The van der Waals surface area contributed by atoms with Gasteiger partial charge in [0, 0.05) is 13.0 Å². The maximum atomic E-state index is 13.7. The van der Waals surface area contributed by atoms with Gasteiger partial charge in [0.25, 0.3) is 5.92 Å². The number of alkyl halides is 5. The van der Waals surface area contributed by atoms with Crippen LogP contribution in [0.3, 0.4) is 0 Å². The first kappa shape index (κ1) is 21.2. The lowest BCUT2D eigenvalue weighted by molar-refractivity contribution is -0.190. The van der Waals surface area contributed by atoms with Gasteiger partial charge in [0.1, 0.15) is 11.3 Å². The van der Waals surface area contributed by atoms with E-state index in [1.54, 1.807) is 23.9 Å².